The average molecular weight is 341 g/mol. The van der Waals surface area contributed by atoms with E-state index in [2.05, 4.69) is 11.2 Å². The minimum Gasteiger partial charge on any atom is -0.481 e. The highest BCUT2D eigenvalue weighted by Gasteiger charge is 2.07. The van der Waals surface area contributed by atoms with Crippen molar-refractivity contribution in [2.45, 2.75) is 6.54 Å². The van der Waals surface area contributed by atoms with Gasteiger partial charge in [0.15, 0.2) is 0 Å². The van der Waals surface area contributed by atoms with Crippen LogP contribution in [-0.4, -0.2) is 6.61 Å². The predicted octanol–water partition coefficient (Wildman–Crippen LogP) is 5.27. The Hall–Kier alpha value is -1.53. The lowest BCUT2D eigenvalue weighted by atomic mass is 10.2. The number of ether oxygens (including phenoxy) is 1. The number of benzene rings is 2. The van der Waals surface area contributed by atoms with Crippen molar-refractivity contribution < 1.29 is 4.74 Å². The van der Waals surface area contributed by atoms with Crippen LogP contribution in [0.2, 0.25) is 15.1 Å². The van der Waals surface area contributed by atoms with E-state index in [4.69, 9.17) is 46.0 Å². The maximum absolute atomic E-state index is 6.13. The van der Waals surface area contributed by atoms with Crippen LogP contribution in [0, 0.1) is 12.3 Å². The molecule has 2 nitrogen and oxygen atoms in total. The van der Waals surface area contributed by atoms with Crippen molar-refractivity contribution in [1.82, 2.24) is 0 Å². The zero-order valence-corrected chi connectivity index (χ0v) is 13.3. The van der Waals surface area contributed by atoms with Gasteiger partial charge in [-0.05, 0) is 18.2 Å². The number of nitrogens with one attached hydrogen (secondary N) is 1. The zero-order valence-electron chi connectivity index (χ0n) is 11.0. The Morgan fingerprint density at radius 1 is 1.05 bits per heavy atom. The second-order valence-corrected chi connectivity index (χ2v) is 5.42. The molecule has 0 aliphatic rings. The van der Waals surface area contributed by atoms with E-state index in [1.54, 1.807) is 12.1 Å². The number of terminal acetylenes is 1. The standard InChI is InChI=1S/C16H12Cl3NO/c1-2-7-21-16-6-4-3-5-11(16)10-20-15-9-13(18)12(17)8-14(15)19/h1,3-6,8-9,20H,7,10H2. The number of rotatable bonds is 5. The van der Waals surface area contributed by atoms with Gasteiger partial charge in [0.05, 0.1) is 20.8 Å². The van der Waals surface area contributed by atoms with Crippen molar-refractivity contribution in [3.8, 4) is 18.1 Å². The van der Waals surface area contributed by atoms with Crippen LogP contribution >= 0.6 is 34.8 Å². The number of hydrogen-bond acceptors (Lipinski definition) is 2. The molecule has 0 aliphatic heterocycles. The van der Waals surface area contributed by atoms with Crippen molar-refractivity contribution >= 4 is 40.5 Å². The third-order valence-electron chi connectivity index (χ3n) is 2.76. The Labute approximate surface area is 139 Å². The maximum Gasteiger partial charge on any atom is 0.148 e. The highest BCUT2D eigenvalue weighted by atomic mass is 35.5. The van der Waals surface area contributed by atoms with Crippen molar-refractivity contribution in [2.75, 3.05) is 11.9 Å². The van der Waals surface area contributed by atoms with Gasteiger partial charge in [0.2, 0.25) is 0 Å². The Morgan fingerprint density at radius 2 is 1.76 bits per heavy atom. The van der Waals surface area contributed by atoms with Crippen LogP contribution in [0.1, 0.15) is 5.56 Å². The summed E-state index contributed by atoms with van der Waals surface area (Å²) in [7, 11) is 0. The van der Waals surface area contributed by atoms with Crippen molar-refractivity contribution in [3.05, 3.63) is 57.0 Å². The molecule has 0 spiro atoms. The van der Waals surface area contributed by atoms with Crippen LogP contribution in [0.4, 0.5) is 5.69 Å². The zero-order chi connectivity index (χ0) is 15.2. The molecule has 0 unspecified atom stereocenters. The summed E-state index contributed by atoms with van der Waals surface area (Å²) in [5.74, 6) is 3.18. The van der Waals surface area contributed by atoms with Crippen molar-refractivity contribution in [3.63, 3.8) is 0 Å². The lowest BCUT2D eigenvalue weighted by molar-refractivity contribution is 0.366. The summed E-state index contributed by atoms with van der Waals surface area (Å²) in [4.78, 5) is 0. The molecule has 0 radical (unpaired) electrons. The molecule has 2 aromatic rings. The first kappa shape index (κ1) is 15.9. The van der Waals surface area contributed by atoms with E-state index in [1.165, 1.54) is 0 Å². The first-order chi connectivity index (χ1) is 10.1. The first-order valence-corrected chi connectivity index (χ1v) is 7.28. The van der Waals surface area contributed by atoms with Gasteiger partial charge >= 0.3 is 0 Å². The van der Waals surface area contributed by atoms with Crippen molar-refractivity contribution in [2.24, 2.45) is 0 Å². The predicted molar refractivity (Wildman–Crippen MR) is 89.6 cm³/mol. The Kier molecular flexibility index (Phi) is 5.64. The number of para-hydroxylation sites is 1. The van der Waals surface area contributed by atoms with Crippen LogP contribution in [0.5, 0.6) is 5.75 Å². The molecule has 0 aliphatic carbocycles. The molecular formula is C16H12Cl3NO. The molecule has 0 amide bonds. The van der Waals surface area contributed by atoms with E-state index in [0.29, 0.717) is 27.3 Å². The molecule has 0 saturated heterocycles. The molecule has 5 heteroatoms. The van der Waals surface area contributed by atoms with Gasteiger partial charge in [0, 0.05) is 12.1 Å². The Morgan fingerprint density at radius 3 is 2.52 bits per heavy atom. The molecule has 0 fully saturated rings. The van der Waals surface area contributed by atoms with Crippen LogP contribution in [0.3, 0.4) is 0 Å². The summed E-state index contributed by atoms with van der Waals surface area (Å²) in [5.41, 5.74) is 1.67. The van der Waals surface area contributed by atoms with E-state index in [9.17, 15) is 0 Å². The van der Waals surface area contributed by atoms with E-state index in [1.807, 2.05) is 24.3 Å². The summed E-state index contributed by atoms with van der Waals surface area (Å²) in [6.07, 6.45) is 5.21. The smallest absolute Gasteiger partial charge is 0.148 e. The lowest BCUT2D eigenvalue weighted by Crippen LogP contribution is -2.04. The summed E-state index contributed by atoms with van der Waals surface area (Å²) >= 11 is 18.0. The molecule has 0 atom stereocenters. The van der Waals surface area contributed by atoms with E-state index >= 15 is 0 Å². The van der Waals surface area contributed by atoms with Gasteiger partial charge in [0.1, 0.15) is 12.4 Å². The topological polar surface area (TPSA) is 21.3 Å². The number of halogens is 3. The number of anilines is 1. The van der Waals surface area contributed by atoms with Gasteiger partial charge < -0.3 is 10.1 Å². The fourth-order valence-electron chi connectivity index (χ4n) is 1.76. The monoisotopic (exact) mass is 339 g/mol. The molecule has 0 bridgehead atoms. The van der Waals surface area contributed by atoms with Gasteiger partial charge in [-0.25, -0.2) is 0 Å². The van der Waals surface area contributed by atoms with Crippen molar-refractivity contribution in [1.29, 1.82) is 0 Å². The van der Waals surface area contributed by atoms with Gasteiger partial charge in [-0.15, -0.1) is 6.42 Å². The molecule has 1 N–H and O–H groups in total. The van der Waals surface area contributed by atoms with Gasteiger partial charge in [-0.2, -0.15) is 0 Å². The summed E-state index contributed by atoms with van der Waals surface area (Å²) < 4.78 is 5.49. The van der Waals surface area contributed by atoms with Gasteiger partial charge in [0.25, 0.3) is 0 Å². The fraction of sp³-hybridized carbons (Fsp3) is 0.125. The minimum atomic E-state index is 0.227. The number of hydrogen-bond donors (Lipinski definition) is 1. The van der Waals surface area contributed by atoms with Crippen LogP contribution < -0.4 is 10.1 Å². The summed E-state index contributed by atoms with van der Waals surface area (Å²) in [5, 5.41) is 4.58. The second kappa shape index (κ2) is 7.47. The van der Waals surface area contributed by atoms with Crippen LogP contribution in [0.15, 0.2) is 36.4 Å². The minimum absolute atomic E-state index is 0.227. The lowest BCUT2D eigenvalue weighted by Gasteiger charge is -2.13. The molecular weight excluding hydrogens is 329 g/mol. The van der Waals surface area contributed by atoms with E-state index < -0.39 is 0 Å². The highest BCUT2D eigenvalue weighted by molar-refractivity contribution is 6.44. The largest absolute Gasteiger partial charge is 0.481 e. The summed E-state index contributed by atoms with van der Waals surface area (Å²) in [6.45, 7) is 0.753. The average Bonchev–Trinajstić information content (AvgIpc) is 2.48. The molecule has 108 valence electrons. The normalized spacial score (nSPS) is 10.0. The summed E-state index contributed by atoms with van der Waals surface area (Å²) in [6, 6.07) is 10.9. The Balaban J connectivity index is 2.13. The maximum atomic E-state index is 6.13. The first-order valence-electron chi connectivity index (χ1n) is 6.14. The SMILES string of the molecule is C#CCOc1ccccc1CNc1cc(Cl)c(Cl)cc1Cl. The Bertz CT molecular complexity index is 680. The molecule has 0 saturated carbocycles. The quantitative estimate of drug-likeness (QED) is 0.591. The third-order valence-corrected chi connectivity index (χ3v) is 3.80. The highest BCUT2D eigenvalue weighted by Crippen LogP contribution is 2.32. The van der Waals surface area contributed by atoms with Crippen LogP contribution in [-0.2, 0) is 6.54 Å². The van der Waals surface area contributed by atoms with E-state index in [0.717, 1.165) is 11.3 Å². The molecule has 0 aromatic heterocycles. The van der Waals surface area contributed by atoms with E-state index in [-0.39, 0.29) is 6.61 Å². The fourth-order valence-corrected chi connectivity index (χ4v) is 2.37. The second-order valence-electron chi connectivity index (χ2n) is 4.20. The molecule has 21 heavy (non-hydrogen) atoms. The third kappa shape index (κ3) is 4.22. The van der Waals surface area contributed by atoms with Crippen LogP contribution in [0.25, 0.3) is 0 Å². The van der Waals surface area contributed by atoms with Gasteiger partial charge in [-0.3, -0.25) is 0 Å². The molecule has 0 heterocycles. The molecule has 2 rings (SSSR count). The van der Waals surface area contributed by atoms with Gasteiger partial charge in [-0.1, -0.05) is 58.9 Å². The molecule has 2 aromatic carbocycles.